The van der Waals surface area contributed by atoms with Crippen molar-refractivity contribution in [2.45, 2.75) is 160 Å². The Kier molecular flexibility index (Phi) is 25.2. The molecule has 9 aromatic rings. The van der Waals surface area contributed by atoms with Gasteiger partial charge in [0.05, 0.1) is 106 Å². The lowest BCUT2D eigenvalue weighted by Gasteiger charge is -2.30. The average molecular weight is 1780 g/mol. The number of imidazole rings is 2. The number of methoxy groups -OCH3 is 5. The molecule has 34 heteroatoms. The van der Waals surface area contributed by atoms with Gasteiger partial charge in [0.25, 0.3) is 0 Å². The van der Waals surface area contributed by atoms with E-state index in [0.29, 0.717) is 68.3 Å². The molecule has 7 aromatic carbocycles. The van der Waals surface area contributed by atoms with Crippen LogP contribution in [0.1, 0.15) is 132 Å². The number of H-pyrrole nitrogens is 2. The van der Waals surface area contributed by atoms with E-state index in [4.69, 9.17) is 38.4 Å². The number of aromatic amines is 2. The Hall–Kier alpha value is -12.6. The van der Waals surface area contributed by atoms with E-state index in [9.17, 15) is 59.9 Å². The van der Waals surface area contributed by atoms with E-state index in [1.807, 2.05) is 105 Å². The van der Waals surface area contributed by atoms with E-state index in [2.05, 4.69) is 69.6 Å². The number of fused-ring (bicyclic) bond motifs is 12. The number of hydrogen-bond acceptors (Lipinski definition) is 19. The van der Waals surface area contributed by atoms with Gasteiger partial charge in [-0.3, -0.25) is 29.3 Å². The number of benzene rings is 7. The predicted molar refractivity (Wildman–Crippen MR) is 467 cm³/mol. The maximum atomic E-state index is 14.4. The van der Waals surface area contributed by atoms with Crippen LogP contribution in [0, 0.1) is 35.5 Å². The number of aromatic nitrogens is 4. The van der Waals surface area contributed by atoms with Crippen LogP contribution < -0.4 is 25.4 Å². The molecule has 0 saturated carbocycles. The van der Waals surface area contributed by atoms with Crippen LogP contribution in [0.4, 0.5) is 56.9 Å². The Morgan fingerprint density at radius 3 is 1.33 bits per heavy atom. The summed E-state index contributed by atoms with van der Waals surface area (Å²) in [6, 6.07) is 31.6. The third-order valence-electron chi connectivity index (χ3n) is 25.6. The number of carbonyl (C=O) groups excluding carboxylic acids is 7. The molecule has 28 nitrogen and oxygen atoms in total. The summed E-state index contributed by atoms with van der Waals surface area (Å²) in [7, 11) is 6.88. The fourth-order valence-electron chi connectivity index (χ4n) is 19.2. The van der Waals surface area contributed by atoms with E-state index < -0.39 is 115 Å². The summed E-state index contributed by atoms with van der Waals surface area (Å²) in [5.74, 6) is -3.83. The lowest BCUT2D eigenvalue weighted by atomic mass is 9.90. The molecule has 8 aliphatic rings. The van der Waals surface area contributed by atoms with Crippen LogP contribution in [-0.2, 0) is 68.9 Å². The molecule has 4 fully saturated rings. The van der Waals surface area contributed by atoms with Crippen LogP contribution in [0.2, 0.25) is 0 Å². The van der Waals surface area contributed by atoms with Crippen molar-refractivity contribution in [3.05, 3.63) is 167 Å². The molecule has 11 atom stereocenters. The molecular formula is C95H103F6N13O15. The van der Waals surface area contributed by atoms with Gasteiger partial charge in [0.1, 0.15) is 60.1 Å². The van der Waals surface area contributed by atoms with Gasteiger partial charge in [0, 0.05) is 87.6 Å². The topological polar surface area (TPSA) is 324 Å². The van der Waals surface area contributed by atoms with Gasteiger partial charge in [0.2, 0.25) is 17.7 Å². The van der Waals surface area contributed by atoms with Crippen molar-refractivity contribution in [1.29, 1.82) is 0 Å². The molecule has 0 aliphatic carbocycles. The highest BCUT2D eigenvalue weighted by atomic mass is 19.4. The number of aliphatic imine (C=N–C) groups is 2. The van der Waals surface area contributed by atoms with Crippen LogP contribution in [-0.4, -0.2) is 210 Å². The monoisotopic (exact) mass is 1780 g/mol. The number of nitrogens with zero attached hydrogens (tertiary/aromatic N) is 8. The van der Waals surface area contributed by atoms with Gasteiger partial charge in [0.15, 0.2) is 0 Å². The average Bonchev–Trinajstić information content (AvgIpc) is 1.69. The Morgan fingerprint density at radius 1 is 0.488 bits per heavy atom. The first-order valence-corrected chi connectivity index (χ1v) is 43.1. The number of ether oxygens (including phenoxy) is 8. The molecule has 2 aromatic heterocycles. The quantitative estimate of drug-likeness (QED) is 0.0371. The van der Waals surface area contributed by atoms with Crippen LogP contribution in [0.15, 0.2) is 138 Å². The Bertz CT molecular complexity index is 5910. The standard InChI is InChI=1S/C50H52F3N7O8.C45H51F3N6O7/c1-26(2)43(57-48(63)66-4)46(61)60-23-32(50(51,52)53)18-41(60)45-54-21-39(56-45)30-11-13-33-31(16-30)25-68-42-20-34-29(17-36(33)42)12-14-37-35(34)19-38(55-37)40-15-27(24-65-3)22-59(40)47(62)44(58-49(64)67-5)28-9-7-6-8-10-28;1-23(2)39(52-42(56)59-7)41(55)53-20-28(45(46,47)48)15-37(53)40-49-18-35(51-40)26-8-10-29-27(13-26)22-60-38-17-30-25(14-32(29)38)9-11-33-31(30)16-34(50-33)36-12-24(21-58-6)19-54(36)43(57)61-44(3,4)5/h6-14,16-17,20-21,26-27,32,40-41,43-44H,15,18-19,22-25H2,1-5H3,(H,54,56)(H,57,63)(H,58,64);8-11,13-14,17-18,23-24,28,36-37,39H,12,15-16,19-22H2,1-7H3,(H,49,51)(H,52,56)/t27-,32-,40-,41-,43-,44+;24-,28-,36-,37-,39-/m00/s1. The molecule has 7 amide bonds. The fraction of sp³-hybridized carbons (Fsp3) is 0.442. The number of amides is 7. The van der Waals surface area contributed by atoms with Crippen molar-refractivity contribution < 1.29 is 97.8 Å². The SMILES string of the molecule is COC[C@H]1C[C@@H](C2=Nc3ccc4cc5c(cc4c3C2)OCc2cc(-c3cnc([C@@H]4C[C@H](C(F)(F)F)CN4C(=O)[C@@H](NC(=O)OC)C(C)C)[nH]3)ccc2-5)N(C(=O)OC(C)(C)C)C1.COC[C@H]1C[C@@H](C2=Nc3ccc4cc5c(cc4c3C2)OCc2cc(-c3cnc([C@@H]4C[C@H](C(F)(F)F)CN4C(=O)[C@@H](NC(=O)OC)C(C)C)[nH]3)ccc2-5)N(C(=O)[C@H](NC(=O)OC)c2ccccc2)C1. The molecule has 5 N–H and O–H groups in total. The van der Waals surface area contributed by atoms with Crippen molar-refractivity contribution in [3.63, 3.8) is 0 Å². The van der Waals surface area contributed by atoms with Gasteiger partial charge in [-0.15, -0.1) is 0 Å². The van der Waals surface area contributed by atoms with Crippen LogP contribution in [0.5, 0.6) is 11.5 Å². The van der Waals surface area contributed by atoms with Crippen molar-refractivity contribution in [2.24, 2.45) is 45.5 Å². The van der Waals surface area contributed by atoms with Gasteiger partial charge in [-0.2, -0.15) is 26.3 Å². The molecule has 0 unspecified atom stereocenters. The highest BCUT2D eigenvalue weighted by Gasteiger charge is 2.54. The van der Waals surface area contributed by atoms with Gasteiger partial charge < -0.3 is 78.5 Å². The third-order valence-corrected chi connectivity index (χ3v) is 25.6. The minimum atomic E-state index is -4.55. The molecule has 129 heavy (non-hydrogen) atoms. The van der Waals surface area contributed by atoms with E-state index >= 15 is 0 Å². The number of carbonyl (C=O) groups is 7. The van der Waals surface area contributed by atoms with Crippen LogP contribution >= 0.6 is 0 Å². The third kappa shape index (κ3) is 18.4. The maximum absolute atomic E-state index is 14.4. The normalized spacial score (nSPS) is 21.0. The zero-order valence-corrected chi connectivity index (χ0v) is 73.5. The number of likely N-dealkylation sites (tertiary alicyclic amines) is 4. The summed E-state index contributed by atoms with van der Waals surface area (Å²) in [4.78, 5) is 123. The lowest BCUT2D eigenvalue weighted by Crippen LogP contribution is -2.51. The van der Waals surface area contributed by atoms with E-state index in [0.717, 1.165) is 136 Å². The van der Waals surface area contributed by atoms with Crippen LogP contribution in [0.3, 0.4) is 0 Å². The fourth-order valence-corrected chi connectivity index (χ4v) is 19.2. The largest absolute Gasteiger partial charge is 0.488 e. The first kappa shape index (κ1) is 89.8. The molecule has 0 bridgehead atoms. The predicted octanol–water partition coefficient (Wildman–Crippen LogP) is 16.7. The highest BCUT2D eigenvalue weighted by Crippen LogP contribution is 2.51. The zero-order valence-electron chi connectivity index (χ0n) is 73.5. The summed E-state index contributed by atoms with van der Waals surface area (Å²) in [6.07, 6.45) is -7.00. The van der Waals surface area contributed by atoms with Crippen molar-refractivity contribution in [1.82, 2.24) is 55.5 Å². The second kappa shape index (κ2) is 36.2. The second-order valence-electron chi connectivity index (χ2n) is 35.9. The Labute approximate surface area is 740 Å². The van der Waals surface area contributed by atoms with Gasteiger partial charge >= 0.3 is 36.7 Å². The van der Waals surface area contributed by atoms with E-state index in [1.54, 1.807) is 71.3 Å². The minimum Gasteiger partial charge on any atom is -0.488 e. The summed E-state index contributed by atoms with van der Waals surface area (Å²) < 4.78 is 129. The van der Waals surface area contributed by atoms with Crippen LogP contribution in [0.25, 0.3) is 66.3 Å². The zero-order chi connectivity index (χ0) is 91.6. The van der Waals surface area contributed by atoms with Crippen molar-refractivity contribution in [2.75, 3.05) is 74.9 Å². The number of hydrogen-bond donors (Lipinski definition) is 5. The molecule has 10 heterocycles. The van der Waals surface area contributed by atoms with Crippen molar-refractivity contribution >= 4 is 86.4 Å². The first-order valence-electron chi connectivity index (χ1n) is 43.1. The summed E-state index contributed by atoms with van der Waals surface area (Å²) >= 11 is 0. The number of rotatable bonds is 19. The second-order valence-corrected chi connectivity index (χ2v) is 35.9. The molecule has 17 rings (SSSR count). The maximum Gasteiger partial charge on any atom is 0.410 e. The Balaban J connectivity index is 0.000000190. The number of halogens is 6. The van der Waals surface area contributed by atoms with Crippen molar-refractivity contribution in [3.8, 4) is 56.3 Å². The molecule has 680 valence electrons. The van der Waals surface area contributed by atoms with Gasteiger partial charge in [-0.05, 0) is 178 Å². The number of alkyl halides is 6. The van der Waals surface area contributed by atoms with Gasteiger partial charge in [-0.25, -0.2) is 29.1 Å². The lowest BCUT2D eigenvalue weighted by molar-refractivity contribution is -0.172. The minimum absolute atomic E-state index is 0.0585. The smallest absolute Gasteiger partial charge is 0.410 e. The molecule has 8 aliphatic heterocycles. The summed E-state index contributed by atoms with van der Waals surface area (Å²) in [5, 5.41) is 11.7. The number of alkyl carbamates (subject to hydrolysis) is 3. The Morgan fingerprint density at radius 2 is 0.915 bits per heavy atom. The summed E-state index contributed by atoms with van der Waals surface area (Å²) in [5.41, 5.74) is 13.8. The molecular weight excluding hydrogens is 1680 g/mol. The van der Waals surface area contributed by atoms with E-state index in [1.165, 1.54) is 7.11 Å². The molecule has 0 spiro atoms. The molecule has 4 saturated heterocycles. The molecule has 0 radical (unpaired) electrons. The van der Waals surface area contributed by atoms with Gasteiger partial charge in [-0.1, -0.05) is 94.4 Å². The van der Waals surface area contributed by atoms with E-state index in [-0.39, 0.29) is 73.6 Å². The first-order chi connectivity index (χ1) is 61.6. The number of nitrogens with one attached hydrogen (secondary N) is 5. The highest BCUT2D eigenvalue weighted by molar-refractivity contribution is 6.08. The summed E-state index contributed by atoms with van der Waals surface area (Å²) in [6.45, 7) is 13.8.